The van der Waals surface area contributed by atoms with Crippen LogP contribution in [-0.4, -0.2) is 38.0 Å². The molecule has 20 heavy (non-hydrogen) atoms. The summed E-state index contributed by atoms with van der Waals surface area (Å²) < 4.78 is 0. The molecule has 0 bridgehead atoms. The van der Waals surface area contributed by atoms with E-state index in [0.29, 0.717) is 12.1 Å². The smallest absolute Gasteiger partial charge is 0.251 e. The molecule has 3 heteroatoms. The van der Waals surface area contributed by atoms with E-state index in [0.717, 1.165) is 17.7 Å². The molecule has 0 unspecified atom stereocenters. The number of carbonyl (C=O) groups excluding carboxylic acids is 1. The normalized spacial score (nSPS) is 10.6. The molecule has 1 amide bonds. The lowest BCUT2D eigenvalue weighted by Gasteiger charge is -2.10. The van der Waals surface area contributed by atoms with Crippen molar-refractivity contribution in [3.63, 3.8) is 0 Å². The van der Waals surface area contributed by atoms with Gasteiger partial charge >= 0.3 is 0 Å². The standard InChI is InChI=1S/C17H19N2O/c1-19(2)13-12-18-17(20)16-10-8-15(9-11-16)14-6-4-3-5-7-14/h4-11H,12-13H2,1-2H3,(H,18,20). The minimum absolute atomic E-state index is 0.0280. The summed E-state index contributed by atoms with van der Waals surface area (Å²) in [6, 6.07) is 18.4. The van der Waals surface area contributed by atoms with Gasteiger partial charge in [0.25, 0.3) is 5.91 Å². The number of rotatable bonds is 5. The molecule has 0 fully saturated rings. The van der Waals surface area contributed by atoms with E-state index < -0.39 is 0 Å². The number of amides is 1. The molecule has 0 aromatic heterocycles. The van der Waals surface area contributed by atoms with Crippen molar-refractivity contribution in [2.24, 2.45) is 0 Å². The minimum atomic E-state index is -0.0280. The molecule has 1 N–H and O–H groups in total. The van der Waals surface area contributed by atoms with Gasteiger partial charge in [-0.2, -0.15) is 0 Å². The summed E-state index contributed by atoms with van der Waals surface area (Å²) in [4.78, 5) is 14.0. The maximum absolute atomic E-state index is 11.9. The van der Waals surface area contributed by atoms with E-state index in [1.165, 1.54) is 0 Å². The predicted molar refractivity (Wildman–Crippen MR) is 81.6 cm³/mol. The van der Waals surface area contributed by atoms with Gasteiger partial charge in [-0.3, -0.25) is 4.79 Å². The predicted octanol–water partition coefficient (Wildman–Crippen LogP) is 2.45. The summed E-state index contributed by atoms with van der Waals surface area (Å²) in [6.07, 6.45) is 0. The van der Waals surface area contributed by atoms with Crippen LogP contribution in [0.15, 0.2) is 48.5 Å². The van der Waals surface area contributed by atoms with Crippen molar-refractivity contribution in [3.8, 4) is 11.1 Å². The first-order valence-electron chi connectivity index (χ1n) is 6.66. The van der Waals surface area contributed by atoms with Crippen LogP contribution in [0, 0.1) is 6.07 Å². The second-order valence-corrected chi connectivity index (χ2v) is 4.93. The van der Waals surface area contributed by atoms with Gasteiger partial charge in [0.2, 0.25) is 0 Å². The highest BCUT2D eigenvalue weighted by molar-refractivity contribution is 5.94. The highest BCUT2D eigenvalue weighted by atomic mass is 16.1. The molecule has 0 saturated heterocycles. The van der Waals surface area contributed by atoms with E-state index in [-0.39, 0.29) is 5.91 Å². The Morgan fingerprint density at radius 2 is 1.65 bits per heavy atom. The monoisotopic (exact) mass is 267 g/mol. The molecule has 2 aromatic rings. The van der Waals surface area contributed by atoms with Gasteiger partial charge < -0.3 is 10.2 Å². The maximum Gasteiger partial charge on any atom is 0.251 e. The second kappa shape index (κ2) is 6.87. The van der Waals surface area contributed by atoms with Crippen molar-refractivity contribution in [2.45, 2.75) is 0 Å². The zero-order valence-electron chi connectivity index (χ0n) is 11.9. The van der Waals surface area contributed by atoms with Crippen molar-refractivity contribution < 1.29 is 4.79 Å². The molecule has 0 spiro atoms. The molecule has 2 rings (SSSR count). The number of carbonyl (C=O) groups is 1. The van der Waals surface area contributed by atoms with Gasteiger partial charge in [0, 0.05) is 18.7 Å². The van der Waals surface area contributed by atoms with E-state index in [4.69, 9.17) is 0 Å². The lowest BCUT2D eigenvalue weighted by atomic mass is 10.0. The summed E-state index contributed by atoms with van der Waals surface area (Å²) in [5.41, 5.74) is 2.92. The van der Waals surface area contributed by atoms with Crippen LogP contribution in [0.5, 0.6) is 0 Å². The van der Waals surface area contributed by atoms with Crippen LogP contribution in [0.4, 0.5) is 0 Å². The summed E-state index contributed by atoms with van der Waals surface area (Å²) in [5.74, 6) is -0.0280. The molecule has 0 saturated carbocycles. The first-order valence-corrected chi connectivity index (χ1v) is 6.66. The highest BCUT2D eigenvalue weighted by Gasteiger charge is 2.05. The average molecular weight is 267 g/mol. The Labute approximate surface area is 120 Å². The van der Waals surface area contributed by atoms with Gasteiger partial charge in [-0.25, -0.2) is 0 Å². The first kappa shape index (κ1) is 14.3. The van der Waals surface area contributed by atoms with Gasteiger partial charge in [0.05, 0.1) is 0 Å². The Bertz CT molecular complexity index is 547. The molecule has 3 nitrogen and oxygen atoms in total. The van der Waals surface area contributed by atoms with E-state index >= 15 is 0 Å². The zero-order valence-corrected chi connectivity index (χ0v) is 11.9. The molecule has 0 heterocycles. The Balaban J connectivity index is 1.99. The molecule has 0 aliphatic heterocycles. The third-order valence-electron chi connectivity index (χ3n) is 3.04. The minimum Gasteiger partial charge on any atom is -0.351 e. The van der Waals surface area contributed by atoms with E-state index in [1.807, 2.05) is 67.5 Å². The Hall–Kier alpha value is -2.13. The molecule has 2 aromatic carbocycles. The number of nitrogens with zero attached hydrogens (tertiary/aromatic N) is 1. The Morgan fingerprint density at radius 3 is 2.25 bits per heavy atom. The van der Waals surface area contributed by atoms with E-state index in [9.17, 15) is 4.79 Å². The first-order chi connectivity index (χ1) is 9.66. The molecule has 0 aliphatic rings. The Kier molecular flexibility index (Phi) is 4.91. The van der Waals surface area contributed by atoms with Crippen LogP contribution in [0.25, 0.3) is 11.1 Å². The summed E-state index contributed by atoms with van der Waals surface area (Å²) in [5, 5.41) is 2.90. The quantitative estimate of drug-likeness (QED) is 0.902. The molecule has 1 radical (unpaired) electrons. The van der Waals surface area contributed by atoms with E-state index in [1.54, 1.807) is 0 Å². The largest absolute Gasteiger partial charge is 0.351 e. The molecule has 0 atom stereocenters. The fourth-order valence-corrected chi connectivity index (χ4v) is 1.89. The number of hydrogen-bond donors (Lipinski definition) is 1. The van der Waals surface area contributed by atoms with E-state index in [2.05, 4.69) is 11.4 Å². The number of hydrogen-bond acceptors (Lipinski definition) is 2. The van der Waals surface area contributed by atoms with Crippen LogP contribution in [-0.2, 0) is 0 Å². The molecular formula is C17H19N2O. The Morgan fingerprint density at radius 1 is 1.05 bits per heavy atom. The molecule has 0 aliphatic carbocycles. The maximum atomic E-state index is 11.9. The van der Waals surface area contributed by atoms with Crippen molar-refractivity contribution in [1.82, 2.24) is 10.2 Å². The lowest BCUT2D eigenvalue weighted by Crippen LogP contribution is -2.31. The van der Waals surface area contributed by atoms with Crippen molar-refractivity contribution in [1.29, 1.82) is 0 Å². The van der Waals surface area contributed by atoms with Crippen LogP contribution >= 0.6 is 0 Å². The lowest BCUT2D eigenvalue weighted by molar-refractivity contribution is 0.0951. The number of benzene rings is 2. The van der Waals surface area contributed by atoms with Crippen LogP contribution in [0.1, 0.15) is 10.4 Å². The van der Waals surface area contributed by atoms with Gasteiger partial charge in [0.15, 0.2) is 0 Å². The number of nitrogens with one attached hydrogen (secondary N) is 1. The van der Waals surface area contributed by atoms with Crippen LogP contribution in [0.3, 0.4) is 0 Å². The highest BCUT2D eigenvalue weighted by Crippen LogP contribution is 2.18. The topological polar surface area (TPSA) is 32.3 Å². The van der Waals surface area contributed by atoms with Crippen LogP contribution in [0.2, 0.25) is 0 Å². The van der Waals surface area contributed by atoms with Crippen LogP contribution < -0.4 is 5.32 Å². The fraction of sp³-hybridized carbons (Fsp3) is 0.235. The summed E-state index contributed by atoms with van der Waals surface area (Å²) in [6.45, 7) is 1.49. The summed E-state index contributed by atoms with van der Waals surface area (Å²) >= 11 is 0. The van der Waals surface area contributed by atoms with Gasteiger partial charge in [-0.1, -0.05) is 36.4 Å². The zero-order chi connectivity index (χ0) is 14.4. The fourth-order valence-electron chi connectivity index (χ4n) is 1.89. The SMILES string of the molecule is CN(C)CCNC(=O)c1ccc(-c2cc[c]cc2)cc1. The van der Waals surface area contributed by atoms with Gasteiger partial charge in [-0.15, -0.1) is 0 Å². The third kappa shape index (κ3) is 3.93. The van der Waals surface area contributed by atoms with Gasteiger partial charge in [-0.05, 0) is 43.4 Å². The molecular weight excluding hydrogens is 248 g/mol. The van der Waals surface area contributed by atoms with Crippen molar-refractivity contribution in [2.75, 3.05) is 27.2 Å². The molecule has 103 valence electrons. The summed E-state index contributed by atoms with van der Waals surface area (Å²) in [7, 11) is 3.97. The van der Waals surface area contributed by atoms with Gasteiger partial charge in [0.1, 0.15) is 0 Å². The average Bonchev–Trinajstić information content (AvgIpc) is 2.48. The third-order valence-corrected chi connectivity index (χ3v) is 3.04. The van der Waals surface area contributed by atoms with Crippen molar-refractivity contribution >= 4 is 5.91 Å². The van der Waals surface area contributed by atoms with Crippen molar-refractivity contribution in [3.05, 3.63) is 60.2 Å². The number of likely N-dealkylation sites (N-methyl/N-ethyl adjacent to an activating group) is 1. The second-order valence-electron chi connectivity index (χ2n) is 4.93.